The molecule has 0 unspecified atom stereocenters. The highest BCUT2D eigenvalue weighted by Gasteiger charge is 2.20. The number of carbonyl (C=O) groups excluding carboxylic acids is 1. The Morgan fingerprint density at radius 3 is 2.65 bits per heavy atom. The SMILES string of the molecule is CCCCCCN(C(C)=O)c1ccccc1OC1CCNCC1. The van der Waals surface area contributed by atoms with Gasteiger partial charge in [0.25, 0.3) is 0 Å². The van der Waals surface area contributed by atoms with Crippen molar-refractivity contribution in [1.29, 1.82) is 0 Å². The number of para-hydroxylation sites is 2. The number of piperidine rings is 1. The van der Waals surface area contributed by atoms with Crippen LogP contribution in [0.25, 0.3) is 0 Å². The van der Waals surface area contributed by atoms with E-state index in [0.717, 1.165) is 56.8 Å². The maximum absolute atomic E-state index is 12.1. The van der Waals surface area contributed by atoms with Gasteiger partial charge < -0.3 is 15.0 Å². The Bertz CT molecular complexity index is 484. The van der Waals surface area contributed by atoms with Gasteiger partial charge in [-0.3, -0.25) is 4.79 Å². The summed E-state index contributed by atoms with van der Waals surface area (Å²) in [5.41, 5.74) is 0.912. The van der Waals surface area contributed by atoms with Crippen molar-refractivity contribution in [1.82, 2.24) is 5.32 Å². The lowest BCUT2D eigenvalue weighted by Crippen LogP contribution is -2.35. The smallest absolute Gasteiger partial charge is 0.223 e. The molecule has 0 atom stereocenters. The predicted molar refractivity (Wildman–Crippen MR) is 95.1 cm³/mol. The molecule has 1 heterocycles. The molecule has 1 aliphatic rings. The maximum Gasteiger partial charge on any atom is 0.223 e. The summed E-state index contributed by atoms with van der Waals surface area (Å²) in [6.45, 7) is 6.61. The van der Waals surface area contributed by atoms with Crippen LogP contribution in [0, 0.1) is 0 Å². The fourth-order valence-corrected chi connectivity index (χ4v) is 3.02. The summed E-state index contributed by atoms with van der Waals surface area (Å²) < 4.78 is 6.21. The van der Waals surface area contributed by atoms with Crippen molar-refractivity contribution in [3.63, 3.8) is 0 Å². The van der Waals surface area contributed by atoms with Crippen molar-refractivity contribution < 1.29 is 9.53 Å². The minimum Gasteiger partial charge on any atom is -0.488 e. The molecule has 1 amide bonds. The Balaban J connectivity index is 2.06. The van der Waals surface area contributed by atoms with E-state index in [1.165, 1.54) is 12.8 Å². The molecule has 1 aliphatic heterocycles. The van der Waals surface area contributed by atoms with Gasteiger partial charge in [-0.2, -0.15) is 0 Å². The molecule has 0 aromatic heterocycles. The van der Waals surface area contributed by atoms with E-state index in [2.05, 4.69) is 12.2 Å². The first kappa shape index (κ1) is 17.8. The topological polar surface area (TPSA) is 41.6 Å². The first-order chi connectivity index (χ1) is 11.2. The van der Waals surface area contributed by atoms with Crippen LogP contribution in [-0.2, 0) is 4.79 Å². The number of nitrogens with one attached hydrogen (secondary N) is 1. The summed E-state index contributed by atoms with van der Waals surface area (Å²) in [5.74, 6) is 0.924. The van der Waals surface area contributed by atoms with Crippen molar-refractivity contribution >= 4 is 11.6 Å². The van der Waals surface area contributed by atoms with Gasteiger partial charge in [-0.15, -0.1) is 0 Å². The Morgan fingerprint density at radius 1 is 1.22 bits per heavy atom. The quantitative estimate of drug-likeness (QED) is 0.742. The summed E-state index contributed by atoms with van der Waals surface area (Å²) in [6, 6.07) is 7.94. The molecule has 1 N–H and O–H groups in total. The maximum atomic E-state index is 12.1. The van der Waals surface area contributed by atoms with E-state index in [0.29, 0.717) is 0 Å². The van der Waals surface area contributed by atoms with Crippen LogP contribution in [0.15, 0.2) is 24.3 Å². The largest absolute Gasteiger partial charge is 0.488 e. The molecule has 23 heavy (non-hydrogen) atoms. The Hall–Kier alpha value is -1.55. The highest BCUT2D eigenvalue weighted by Crippen LogP contribution is 2.30. The van der Waals surface area contributed by atoms with Crippen LogP contribution in [0.3, 0.4) is 0 Å². The molecule has 0 aliphatic carbocycles. The molecule has 0 spiro atoms. The summed E-state index contributed by atoms with van der Waals surface area (Å²) >= 11 is 0. The van der Waals surface area contributed by atoms with Gasteiger partial charge in [0.15, 0.2) is 0 Å². The fourth-order valence-electron chi connectivity index (χ4n) is 3.02. The molecule has 128 valence electrons. The number of amides is 1. The van der Waals surface area contributed by atoms with Gasteiger partial charge in [-0.05, 0) is 44.5 Å². The zero-order chi connectivity index (χ0) is 16.5. The van der Waals surface area contributed by atoms with E-state index < -0.39 is 0 Å². The molecule has 4 nitrogen and oxygen atoms in total. The third-order valence-electron chi connectivity index (χ3n) is 4.35. The average Bonchev–Trinajstić information content (AvgIpc) is 2.56. The normalized spacial score (nSPS) is 15.4. The number of anilines is 1. The van der Waals surface area contributed by atoms with Gasteiger partial charge in [-0.25, -0.2) is 0 Å². The molecule has 1 aromatic carbocycles. The van der Waals surface area contributed by atoms with Gasteiger partial charge in [0.05, 0.1) is 5.69 Å². The molecule has 1 aromatic rings. The zero-order valence-electron chi connectivity index (χ0n) is 14.5. The van der Waals surface area contributed by atoms with Gasteiger partial charge in [0.2, 0.25) is 5.91 Å². The highest BCUT2D eigenvalue weighted by atomic mass is 16.5. The Morgan fingerprint density at radius 2 is 1.96 bits per heavy atom. The van der Waals surface area contributed by atoms with Gasteiger partial charge in [0, 0.05) is 13.5 Å². The van der Waals surface area contributed by atoms with Crippen LogP contribution in [0.2, 0.25) is 0 Å². The number of nitrogens with zero attached hydrogens (tertiary/aromatic N) is 1. The van der Waals surface area contributed by atoms with Crippen molar-refractivity contribution in [2.45, 2.75) is 58.5 Å². The minimum absolute atomic E-state index is 0.0860. The van der Waals surface area contributed by atoms with E-state index in [4.69, 9.17) is 4.74 Å². The molecular formula is C19H30N2O2. The molecule has 2 rings (SSSR count). The minimum atomic E-state index is 0.0860. The van der Waals surface area contributed by atoms with Crippen molar-refractivity contribution in [2.75, 3.05) is 24.5 Å². The molecule has 0 bridgehead atoms. The second-order valence-corrected chi connectivity index (χ2v) is 6.27. The van der Waals surface area contributed by atoms with Crippen LogP contribution in [0.4, 0.5) is 5.69 Å². The molecular weight excluding hydrogens is 288 g/mol. The van der Waals surface area contributed by atoms with Crippen LogP contribution < -0.4 is 15.0 Å². The number of hydrogen-bond donors (Lipinski definition) is 1. The van der Waals surface area contributed by atoms with E-state index in [1.807, 2.05) is 29.2 Å². The second-order valence-electron chi connectivity index (χ2n) is 6.27. The summed E-state index contributed by atoms with van der Waals surface area (Å²) in [4.78, 5) is 14.0. The van der Waals surface area contributed by atoms with Crippen LogP contribution in [-0.4, -0.2) is 31.6 Å². The third-order valence-corrected chi connectivity index (χ3v) is 4.35. The lowest BCUT2D eigenvalue weighted by Gasteiger charge is -2.28. The lowest BCUT2D eigenvalue weighted by atomic mass is 10.1. The van der Waals surface area contributed by atoms with Crippen LogP contribution in [0.5, 0.6) is 5.75 Å². The van der Waals surface area contributed by atoms with Gasteiger partial charge >= 0.3 is 0 Å². The van der Waals surface area contributed by atoms with E-state index in [-0.39, 0.29) is 12.0 Å². The molecule has 1 saturated heterocycles. The Labute approximate surface area is 140 Å². The summed E-state index contributed by atoms with van der Waals surface area (Å²) in [6.07, 6.45) is 6.91. The molecule has 0 saturated carbocycles. The van der Waals surface area contributed by atoms with Crippen LogP contribution in [0.1, 0.15) is 52.4 Å². The standard InChI is InChI=1S/C19H30N2O2/c1-3-4-5-8-15-21(16(2)22)18-9-6-7-10-19(18)23-17-11-13-20-14-12-17/h6-7,9-10,17,20H,3-5,8,11-15H2,1-2H3. The van der Waals surface area contributed by atoms with Crippen molar-refractivity contribution in [3.8, 4) is 5.75 Å². The monoisotopic (exact) mass is 318 g/mol. The van der Waals surface area contributed by atoms with Crippen molar-refractivity contribution in [3.05, 3.63) is 24.3 Å². The van der Waals surface area contributed by atoms with E-state index in [9.17, 15) is 4.79 Å². The summed E-state index contributed by atoms with van der Waals surface area (Å²) in [7, 11) is 0. The predicted octanol–water partition coefficient (Wildman–Crippen LogP) is 3.75. The summed E-state index contributed by atoms with van der Waals surface area (Å²) in [5, 5.41) is 3.35. The number of rotatable bonds is 8. The fraction of sp³-hybridized carbons (Fsp3) is 0.632. The number of hydrogen-bond acceptors (Lipinski definition) is 3. The Kier molecular flexibility index (Phi) is 7.40. The second kappa shape index (κ2) is 9.56. The van der Waals surface area contributed by atoms with E-state index >= 15 is 0 Å². The first-order valence-corrected chi connectivity index (χ1v) is 8.97. The van der Waals surface area contributed by atoms with Gasteiger partial charge in [0.1, 0.15) is 11.9 Å². The molecule has 4 heteroatoms. The van der Waals surface area contributed by atoms with Crippen LogP contribution >= 0.6 is 0 Å². The highest BCUT2D eigenvalue weighted by molar-refractivity contribution is 5.93. The van der Waals surface area contributed by atoms with Crippen molar-refractivity contribution in [2.24, 2.45) is 0 Å². The molecule has 1 fully saturated rings. The average molecular weight is 318 g/mol. The van der Waals surface area contributed by atoms with E-state index in [1.54, 1.807) is 6.92 Å². The third kappa shape index (κ3) is 5.54. The molecule has 0 radical (unpaired) electrons. The number of carbonyl (C=O) groups is 1. The number of benzene rings is 1. The zero-order valence-corrected chi connectivity index (χ0v) is 14.5. The first-order valence-electron chi connectivity index (χ1n) is 8.97. The number of unbranched alkanes of at least 4 members (excludes halogenated alkanes) is 3. The van der Waals surface area contributed by atoms with Gasteiger partial charge in [-0.1, -0.05) is 38.3 Å². The lowest BCUT2D eigenvalue weighted by molar-refractivity contribution is -0.116. The number of ether oxygens (including phenoxy) is 1.